The van der Waals surface area contributed by atoms with E-state index in [-0.39, 0.29) is 11.3 Å². The number of carbonyl (C=O) groups excluding carboxylic acids is 1. The molecule has 120 valence electrons. The fourth-order valence-corrected chi connectivity index (χ4v) is 5.16. The molecule has 2 aromatic rings. The van der Waals surface area contributed by atoms with Crippen molar-refractivity contribution in [3.63, 3.8) is 0 Å². The molecule has 2 aliphatic carbocycles. The van der Waals surface area contributed by atoms with Crippen LogP contribution >= 0.6 is 0 Å². The second-order valence-electron chi connectivity index (χ2n) is 7.36. The van der Waals surface area contributed by atoms with Gasteiger partial charge in [0.15, 0.2) is 0 Å². The lowest BCUT2D eigenvalue weighted by Crippen LogP contribution is -2.50. The van der Waals surface area contributed by atoms with E-state index in [1.54, 1.807) is 0 Å². The van der Waals surface area contributed by atoms with Crippen LogP contribution < -0.4 is 0 Å². The van der Waals surface area contributed by atoms with Crippen molar-refractivity contribution in [2.75, 3.05) is 0 Å². The molecule has 1 fully saturated rings. The largest absolute Gasteiger partial charge is 0.299 e. The summed E-state index contributed by atoms with van der Waals surface area (Å²) in [5.41, 5.74) is 4.21. The smallest absolute Gasteiger partial charge is 0.136 e. The van der Waals surface area contributed by atoms with Crippen LogP contribution in [0.3, 0.4) is 0 Å². The minimum Gasteiger partial charge on any atom is -0.299 e. The van der Waals surface area contributed by atoms with E-state index in [1.165, 1.54) is 16.8 Å². The molecular formula is C20H24N2O. The standard InChI is InChI=1S/C20H24N2O/c1-14-17-9-8-16-13-21-22(2)19(16)20(17,11-10-18(14)23)12-15-6-4-3-5-7-15/h3-7,13-14,17H,8-12H2,1-2H3/t14-,17-,20+/m0/s1. The van der Waals surface area contributed by atoms with Crippen LogP contribution in [0.4, 0.5) is 0 Å². The Balaban J connectivity index is 1.86. The van der Waals surface area contributed by atoms with Gasteiger partial charge in [-0.3, -0.25) is 9.48 Å². The van der Waals surface area contributed by atoms with E-state index in [1.807, 2.05) is 6.20 Å². The summed E-state index contributed by atoms with van der Waals surface area (Å²) >= 11 is 0. The molecular weight excluding hydrogens is 284 g/mol. The van der Waals surface area contributed by atoms with E-state index < -0.39 is 0 Å². The highest BCUT2D eigenvalue weighted by molar-refractivity contribution is 5.82. The number of carbonyl (C=O) groups is 1. The Morgan fingerprint density at radius 2 is 2.04 bits per heavy atom. The molecule has 0 N–H and O–H groups in total. The van der Waals surface area contributed by atoms with Crippen LogP contribution in [0.15, 0.2) is 36.5 Å². The molecule has 0 unspecified atom stereocenters. The number of Topliss-reactive ketones (excluding diaryl/α,β-unsaturated/α-hetero) is 1. The zero-order chi connectivity index (χ0) is 16.0. The first kappa shape index (κ1) is 14.7. The monoisotopic (exact) mass is 308 g/mol. The van der Waals surface area contributed by atoms with Crippen molar-refractivity contribution in [3.05, 3.63) is 53.3 Å². The highest BCUT2D eigenvalue weighted by atomic mass is 16.1. The Kier molecular flexibility index (Phi) is 3.40. The third kappa shape index (κ3) is 2.17. The molecule has 2 aliphatic rings. The van der Waals surface area contributed by atoms with E-state index >= 15 is 0 Å². The Morgan fingerprint density at radius 1 is 1.26 bits per heavy atom. The SMILES string of the molecule is C[C@@H]1C(=O)CC[C@]2(Cc3ccccc3)c3c(cnn3C)CC[C@@H]12. The van der Waals surface area contributed by atoms with Gasteiger partial charge in [-0.2, -0.15) is 5.10 Å². The Hall–Kier alpha value is -1.90. The maximum Gasteiger partial charge on any atom is 0.136 e. The van der Waals surface area contributed by atoms with Crippen molar-refractivity contribution >= 4 is 5.78 Å². The van der Waals surface area contributed by atoms with Gasteiger partial charge < -0.3 is 0 Å². The molecule has 1 aromatic carbocycles. The number of ketones is 1. The minimum absolute atomic E-state index is 0.0630. The summed E-state index contributed by atoms with van der Waals surface area (Å²) in [6.45, 7) is 2.15. The minimum atomic E-state index is 0.0630. The van der Waals surface area contributed by atoms with Gasteiger partial charge in [0.2, 0.25) is 0 Å². The van der Waals surface area contributed by atoms with Gasteiger partial charge in [-0.25, -0.2) is 0 Å². The van der Waals surface area contributed by atoms with E-state index in [0.717, 1.165) is 25.7 Å². The zero-order valence-corrected chi connectivity index (χ0v) is 14.0. The average Bonchev–Trinajstić information content (AvgIpc) is 2.95. The lowest BCUT2D eigenvalue weighted by molar-refractivity contribution is -0.129. The number of nitrogens with zero attached hydrogens (tertiary/aromatic N) is 2. The summed E-state index contributed by atoms with van der Waals surface area (Å²) < 4.78 is 2.08. The molecule has 3 nitrogen and oxygen atoms in total. The van der Waals surface area contributed by atoms with Crippen molar-refractivity contribution in [1.29, 1.82) is 0 Å². The van der Waals surface area contributed by atoms with E-state index in [2.05, 4.69) is 54.1 Å². The topological polar surface area (TPSA) is 34.9 Å². The van der Waals surface area contributed by atoms with Gasteiger partial charge in [-0.05, 0) is 42.7 Å². The Labute approximate surface area is 137 Å². The van der Waals surface area contributed by atoms with E-state index in [4.69, 9.17) is 0 Å². The van der Waals surface area contributed by atoms with Crippen LogP contribution in [0.25, 0.3) is 0 Å². The van der Waals surface area contributed by atoms with Crippen LogP contribution in [-0.2, 0) is 30.1 Å². The molecule has 0 spiro atoms. The molecule has 0 saturated heterocycles. The summed E-state index contributed by atoms with van der Waals surface area (Å²) in [5, 5.41) is 4.55. The average molecular weight is 308 g/mol. The molecule has 1 aromatic heterocycles. The summed E-state index contributed by atoms with van der Waals surface area (Å²) in [4.78, 5) is 12.4. The first-order valence-corrected chi connectivity index (χ1v) is 8.70. The van der Waals surface area contributed by atoms with Gasteiger partial charge in [0.25, 0.3) is 0 Å². The number of fused-ring (bicyclic) bond motifs is 3. The van der Waals surface area contributed by atoms with Crippen LogP contribution in [0.5, 0.6) is 0 Å². The molecule has 1 heterocycles. The van der Waals surface area contributed by atoms with Crippen LogP contribution in [0, 0.1) is 11.8 Å². The summed E-state index contributed by atoms with van der Waals surface area (Å²) in [7, 11) is 2.06. The normalized spacial score (nSPS) is 29.9. The van der Waals surface area contributed by atoms with Gasteiger partial charge in [-0.1, -0.05) is 37.3 Å². The van der Waals surface area contributed by atoms with E-state index in [0.29, 0.717) is 18.1 Å². The molecule has 0 bridgehead atoms. The second-order valence-corrected chi connectivity index (χ2v) is 7.36. The number of benzene rings is 1. The van der Waals surface area contributed by atoms with Gasteiger partial charge in [0.05, 0.1) is 6.20 Å². The Bertz CT molecular complexity index is 733. The van der Waals surface area contributed by atoms with Crippen molar-refractivity contribution < 1.29 is 4.79 Å². The molecule has 3 atom stereocenters. The lowest BCUT2D eigenvalue weighted by atomic mass is 9.53. The Morgan fingerprint density at radius 3 is 2.83 bits per heavy atom. The third-order valence-electron chi connectivity index (χ3n) is 6.21. The quantitative estimate of drug-likeness (QED) is 0.851. The number of aromatic nitrogens is 2. The summed E-state index contributed by atoms with van der Waals surface area (Å²) in [5.74, 6) is 1.05. The van der Waals surface area contributed by atoms with Gasteiger partial charge in [0, 0.05) is 30.5 Å². The zero-order valence-electron chi connectivity index (χ0n) is 14.0. The summed E-state index contributed by atoms with van der Waals surface area (Å²) in [6.07, 6.45) is 6.89. The van der Waals surface area contributed by atoms with Crippen LogP contribution in [0.2, 0.25) is 0 Å². The molecule has 0 aliphatic heterocycles. The second kappa shape index (κ2) is 5.33. The molecule has 3 heteroatoms. The number of rotatable bonds is 2. The maximum absolute atomic E-state index is 12.4. The molecule has 0 radical (unpaired) electrons. The van der Waals surface area contributed by atoms with Gasteiger partial charge in [0.1, 0.15) is 5.78 Å². The molecule has 0 amide bonds. The van der Waals surface area contributed by atoms with Crippen molar-refractivity contribution in [3.8, 4) is 0 Å². The van der Waals surface area contributed by atoms with Gasteiger partial charge >= 0.3 is 0 Å². The fourth-order valence-electron chi connectivity index (χ4n) is 5.16. The highest BCUT2D eigenvalue weighted by Crippen LogP contribution is 2.52. The fraction of sp³-hybridized carbons (Fsp3) is 0.500. The van der Waals surface area contributed by atoms with Crippen LogP contribution in [0.1, 0.15) is 43.0 Å². The lowest BCUT2D eigenvalue weighted by Gasteiger charge is -2.50. The van der Waals surface area contributed by atoms with Crippen LogP contribution in [-0.4, -0.2) is 15.6 Å². The predicted molar refractivity (Wildman–Crippen MR) is 90.2 cm³/mol. The number of hydrogen-bond acceptors (Lipinski definition) is 2. The maximum atomic E-state index is 12.4. The van der Waals surface area contributed by atoms with Crippen molar-refractivity contribution in [1.82, 2.24) is 9.78 Å². The number of hydrogen-bond donors (Lipinski definition) is 0. The van der Waals surface area contributed by atoms with E-state index in [9.17, 15) is 4.79 Å². The third-order valence-corrected chi connectivity index (χ3v) is 6.21. The predicted octanol–water partition coefficient (Wildman–Crippen LogP) is 3.46. The molecule has 4 rings (SSSR count). The van der Waals surface area contributed by atoms with Crippen molar-refractivity contribution in [2.24, 2.45) is 18.9 Å². The molecule has 1 saturated carbocycles. The van der Waals surface area contributed by atoms with Gasteiger partial charge in [-0.15, -0.1) is 0 Å². The van der Waals surface area contributed by atoms with Crippen molar-refractivity contribution in [2.45, 2.75) is 44.4 Å². The summed E-state index contributed by atoms with van der Waals surface area (Å²) in [6, 6.07) is 10.7. The first-order valence-electron chi connectivity index (χ1n) is 8.70. The highest BCUT2D eigenvalue weighted by Gasteiger charge is 2.52. The molecule has 23 heavy (non-hydrogen) atoms. The first-order chi connectivity index (χ1) is 11.1. The number of aryl methyl sites for hydroxylation is 2.